The second-order valence-electron chi connectivity index (χ2n) is 6.06. The lowest BCUT2D eigenvalue weighted by atomic mass is 10.0. The Morgan fingerprint density at radius 1 is 0.870 bits per heavy atom. The van der Waals surface area contributed by atoms with Crippen molar-refractivity contribution in [1.29, 1.82) is 0 Å². The fraction of sp³-hybridized carbons (Fsp3) is 0.667. The van der Waals surface area contributed by atoms with E-state index in [2.05, 4.69) is 9.44 Å². The molecule has 0 radical (unpaired) electrons. The maximum atomic E-state index is 11.9. The van der Waals surface area contributed by atoms with Crippen molar-refractivity contribution in [2.75, 3.05) is 0 Å². The van der Waals surface area contributed by atoms with Crippen molar-refractivity contribution >= 4 is 33.1 Å². The van der Waals surface area contributed by atoms with Crippen molar-refractivity contribution in [2.24, 2.45) is 0 Å². The van der Waals surface area contributed by atoms with Crippen LogP contribution in [0.3, 0.4) is 0 Å². The van der Waals surface area contributed by atoms with Gasteiger partial charge in [0.1, 0.15) is 23.0 Å². The summed E-state index contributed by atoms with van der Waals surface area (Å²) in [6.07, 6.45) is 13.6. The molecule has 0 fully saturated rings. The summed E-state index contributed by atoms with van der Waals surface area (Å²) < 4.78 is 28.4. The van der Waals surface area contributed by atoms with Crippen LogP contribution in [-0.4, -0.2) is 8.42 Å². The molecule has 0 aliphatic heterocycles. The number of hydrogen-bond donors (Lipinski definition) is 0. The van der Waals surface area contributed by atoms with Crippen LogP contribution >= 0.6 is 23.0 Å². The summed E-state index contributed by atoms with van der Waals surface area (Å²) >= 11 is 1.43. The maximum absolute atomic E-state index is 11.9. The predicted molar refractivity (Wildman–Crippen MR) is 104 cm³/mol. The topological polar surface area (TPSA) is 43.4 Å². The molecule has 0 saturated heterocycles. The summed E-state index contributed by atoms with van der Waals surface area (Å²) in [6.45, 7) is 2.25. The molecule has 0 heterocycles. The summed E-state index contributed by atoms with van der Waals surface area (Å²) in [7, 11) is -3.60. The number of halogens is 1. The van der Waals surface area contributed by atoms with E-state index in [1.165, 1.54) is 74.4 Å². The van der Waals surface area contributed by atoms with Crippen LogP contribution in [0.2, 0.25) is 0 Å². The van der Waals surface area contributed by atoms with E-state index in [9.17, 15) is 8.42 Å². The van der Waals surface area contributed by atoms with Gasteiger partial charge < -0.3 is 0 Å². The van der Waals surface area contributed by atoms with Gasteiger partial charge in [0.2, 0.25) is 0 Å². The van der Waals surface area contributed by atoms with Gasteiger partial charge in [-0.1, -0.05) is 82.9 Å². The van der Waals surface area contributed by atoms with Gasteiger partial charge >= 0.3 is 10.1 Å². The second-order valence-corrected chi connectivity index (χ2v) is 8.61. The Hall–Kier alpha value is -0.140. The van der Waals surface area contributed by atoms with Crippen molar-refractivity contribution in [1.82, 2.24) is 0 Å². The molecule has 0 aromatic heterocycles. The van der Waals surface area contributed by atoms with Crippen LogP contribution in [0.1, 0.15) is 76.7 Å². The molecule has 1 aromatic carbocycles. The average molecular weight is 452 g/mol. The highest BCUT2D eigenvalue weighted by atomic mass is 127. The quantitative estimate of drug-likeness (QED) is 0.264. The van der Waals surface area contributed by atoms with Crippen molar-refractivity contribution in [3.8, 4) is 0 Å². The molecule has 0 unspecified atom stereocenters. The third-order valence-corrected chi connectivity index (χ3v) is 6.65. The smallest absolute Gasteiger partial charge is 0.195 e. The Kier molecular flexibility index (Phi) is 11.1. The molecule has 0 amide bonds. The van der Waals surface area contributed by atoms with Crippen molar-refractivity contribution in [3.63, 3.8) is 0 Å². The molecule has 0 atom stereocenters. The Morgan fingerprint density at radius 2 is 1.39 bits per heavy atom. The summed E-state index contributed by atoms with van der Waals surface area (Å²) in [4.78, 5) is 0.310. The zero-order valence-electron chi connectivity index (χ0n) is 14.1. The first-order valence-corrected chi connectivity index (χ1v) is 11.0. The van der Waals surface area contributed by atoms with E-state index in [4.69, 9.17) is 0 Å². The van der Waals surface area contributed by atoms with Crippen LogP contribution in [0.25, 0.3) is 0 Å². The third kappa shape index (κ3) is 8.49. The second kappa shape index (κ2) is 12.3. The maximum Gasteiger partial charge on any atom is 0.306 e. The molecule has 23 heavy (non-hydrogen) atoms. The van der Waals surface area contributed by atoms with Gasteiger partial charge in [-0.25, -0.2) is 0 Å². The van der Waals surface area contributed by atoms with E-state index >= 15 is 0 Å². The van der Waals surface area contributed by atoms with Gasteiger partial charge in [-0.3, -0.25) is 0 Å². The fourth-order valence-corrected chi connectivity index (χ4v) is 4.18. The molecule has 1 aromatic rings. The minimum Gasteiger partial charge on any atom is -0.195 e. The Balaban J connectivity index is 2.22. The molecule has 0 bridgehead atoms. The number of hydrogen-bond acceptors (Lipinski definition) is 3. The van der Waals surface area contributed by atoms with E-state index in [1.807, 2.05) is 12.1 Å². The van der Waals surface area contributed by atoms with E-state index in [-0.39, 0.29) is 0 Å². The highest BCUT2D eigenvalue weighted by molar-refractivity contribution is 14.1. The first kappa shape index (κ1) is 20.9. The number of aryl methyl sites for hydroxylation is 1. The lowest BCUT2D eigenvalue weighted by molar-refractivity contribution is 0.533. The minimum atomic E-state index is -3.60. The van der Waals surface area contributed by atoms with Gasteiger partial charge in [0.05, 0.1) is 4.90 Å². The molecule has 0 N–H and O–H groups in total. The lowest BCUT2D eigenvalue weighted by Crippen LogP contribution is -2.04. The average Bonchev–Trinajstić information content (AvgIpc) is 2.57. The molecular formula is C18H29IO3S. The normalized spacial score (nSPS) is 11.7. The molecule has 3 nitrogen and oxygen atoms in total. The van der Waals surface area contributed by atoms with Gasteiger partial charge in [-0.05, 0) is 24.5 Å². The molecular weight excluding hydrogens is 423 g/mol. The van der Waals surface area contributed by atoms with Gasteiger partial charge in [0.15, 0.2) is 0 Å². The number of rotatable bonds is 13. The van der Waals surface area contributed by atoms with E-state index < -0.39 is 10.1 Å². The Morgan fingerprint density at radius 3 is 1.96 bits per heavy atom. The predicted octanol–water partition coefficient (Wildman–Crippen LogP) is 6.21. The fourth-order valence-electron chi connectivity index (χ4n) is 2.79. The lowest BCUT2D eigenvalue weighted by Gasteiger charge is -2.08. The van der Waals surface area contributed by atoms with Crippen molar-refractivity contribution in [2.45, 2.75) is 82.4 Å². The van der Waals surface area contributed by atoms with Crippen LogP contribution in [0.5, 0.6) is 0 Å². The van der Waals surface area contributed by atoms with Crippen LogP contribution in [-0.2, 0) is 19.1 Å². The Bertz CT molecular complexity index is 529. The van der Waals surface area contributed by atoms with Crippen molar-refractivity contribution in [3.05, 3.63) is 29.8 Å². The van der Waals surface area contributed by atoms with Gasteiger partial charge in [-0.2, -0.15) is 10.9 Å². The number of benzene rings is 1. The van der Waals surface area contributed by atoms with Crippen molar-refractivity contribution < 1.29 is 10.9 Å². The summed E-state index contributed by atoms with van der Waals surface area (Å²) in [5.41, 5.74) is 0.865. The molecule has 0 aliphatic carbocycles. The SMILES string of the molecule is CCCCCCCCCCCCc1ccccc1S(=O)(=O)OI. The summed E-state index contributed by atoms with van der Waals surface area (Å²) in [6, 6.07) is 7.14. The molecule has 0 spiro atoms. The molecule has 0 aliphatic rings. The largest absolute Gasteiger partial charge is 0.306 e. The van der Waals surface area contributed by atoms with E-state index in [1.54, 1.807) is 12.1 Å². The molecule has 0 saturated carbocycles. The van der Waals surface area contributed by atoms with Gasteiger partial charge in [-0.15, -0.1) is 0 Å². The summed E-state index contributed by atoms with van der Waals surface area (Å²) in [5, 5.41) is 0. The first-order valence-electron chi connectivity index (χ1n) is 8.75. The van der Waals surface area contributed by atoms with Gasteiger partial charge in [0, 0.05) is 0 Å². The van der Waals surface area contributed by atoms with Gasteiger partial charge in [0.25, 0.3) is 0 Å². The highest BCUT2D eigenvalue weighted by Gasteiger charge is 2.17. The van der Waals surface area contributed by atoms with Crippen LogP contribution < -0.4 is 0 Å². The van der Waals surface area contributed by atoms with Crippen LogP contribution in [0.15, 0.2) is 29.2 Å². The zero-order chi connectivity index (χ0) is 17.0. The standard InChI is InChI=1S/C18H29IO3S/c1-2-3-4-5-6-7-8-9-10-11-14-17-15-12-13-16-18(17)23(20,21)22-19/h12-13,15-16H,2-11,14H2,1H3. The van der Waals surface area contributed by atoms with E-state index in [0.717, 1.165) is 24.8 Å². The minimum absolute atomic E-state index is 0.310. The molecule has 132 valence electrons. The first-order chi connectivity index (χ1) is 11.1. The monoisotopic (exact) mass is 452 g/mol. The van der Waals surface area contributed by atoms with Crippen LogP contribution in [0.4, 0.5) is 0 Å². The zero-order valence-corrected chi connectivity index (χ0v) is 17.1. The number of unbranched alkanes of at least 4 members (excludes halogenated alkanes) is 9. The molecule has 1 rings (SSSR count). The van der Waals surface area contributed by atoms with Crippen LogP contribution in [0, 0.1) is 0 Å². The van der Waals surface area contributed by atoms with E-state index in [0.29, 0.717) is 4.90 Å². The molecule has 5 heteroatoms. The highest BCUT2D eigenvalue weighted by Crippen LogP contribution is 2.22. The summed E-state index contributed by atoms with van der Waals surface area (Å²) in [5.74, 6) is 0. The third-order valence-electron chi connectivity index (χ3n) is 4.12. The Labute approximate surface area is 156 Å².